The van der Waals surface area contributed by atoms with E-state index in [0.29, 0.717) is 0 Å². The van der Waals surface area contributed by atoms with Gasteiger partial charge in [-0.15, -0.1) is 0 Å². The van der Waals surface area contributed by atoms with E-state index in [2.05, 4.69) is 49.7 Å². The van der Waals surface area contributed by atoms with Gasteiger partial charge in [0, 0.05) is 13.1 Å². The Morgan fingerprint density at radius 1 is 0.700 bits per heavy atom. The van der Waals surface area contributed by atoms with Gasteiger partial charge in [-0.05, 0) is 73.0 Å². The van der Waals surface area contributed by atoms with E-state index < -0.39 is 0 Å². The Morgan fingerprint density at radius 2 is 1.10 bits per heavy atom. The van der Waals surface area contributed by atoms with Gasteiger partial charge in [0.15, 0.2) is 0 Å². The number of hydrogen-bond donors (Lipinski definition) is 1. The van der Waals surface area contributed by atoms with E-state index in [-0.39, 0.29) is 6.10 Å². The molecule has 122 valence electrons. The van der Waals surface area contributed by atoms with Crippen molar-refractivity contribution >= 4 is 0 Å². The van der Waals surface area contributed by atoms with Crippen molar-refractivity contribution in [1.29, 1.82) is 0 Å². The lowest BCUT2D eigenvalue weighted by Gasteiger charge is -2.23. The number of nitrogens with zero attached hydrogens (tertiary/aromatic N) is 3. The van der Waals surface area contributed by atoms with E-state index in [1.54, 1.807) is 0 Å². The maximum Gasteiger partial charge on any atom is 0.0638 e. The molecule has 0 aliphatic rings. The standard InChI is InChI=1S/C16H37N3O/c1-15(2)13-18(5)11-7-9-17(4)10-8-12-19(6)14-16(3)20/h15-16,20H,7-14H2,1-6H3. The number of rotatable bonds is 12. The van der Waals surface area contributed by atoms with Crippen LogP contribution in [0.4, 0.5) is 0 Å². The van der Waals surface area contributed by atoms with Crippen LogP contribution >= 0.6 is 0 Å². The fourth-order valence-corrected chi connectivity index (χ4v) is 2.59. The number of aliphatic hydroxyl groups excluding tert-OH is 1. The largest absolute Gasteiger partial charge is 0.392 e. The third kappa shape index (κ3) is 12.9. The zero-order valence-corrected chi connectivity index (χ0v) is 14.6. The highest BCUT2D eigenvalue weighted by atomic mass is 16.3. The van der Waals surface area contributed by atoms with Crippen LogP contribution < -0.4 is 0 Å². The van der Waals surface area contributed by atoms with Gasteiger partial charge in [0.05, 0.1) is 6.10 Å². The molecule has 0 amide bonds. The van der Waals surface area contributed by atoms with Gasteiger partial charge in [-0.25, -0.2) is 0 Å². The van der Waals surface area contributed by atoms with Crippen LogP contribution in [0.5, 0.6) is 0 Å². The van der Waals surface area contributed by atoms with Gasteiger partial charge in [-0.3, -0.25) is 0 Å². The molecule has 0 aliphatic carbocycles. The Kier molecular flexibility index (Phi) is 11.4. The fourth-order valence-electron chi connectivity index (χ4n) is 2.59. The average Bonchev–Trinajstić information content (AvgIpc) is 2.26. The van der Waals surface area contributed by atoms with E-state index in [4.69, 9.17) is 0 Å². The highest BCUT2D eigenvalue weighted by Gasteiger charge is 2.05. The summed E-state index contributed by atoms with van der Waals surface area (Å²) in [6.07, 6.45) is 2.18. The molecule has 0 bridgehead atoms. The van der Waals surface area contributed by atoms with Crippen molar-refractivity contribution in [3.8, 4) is 0 Å². The molecule has 0 aromatic heterocycles. The normalized spacial score (nSPS) is 13.9. The van der Waals surface area contributed by atoms with Gasteiger partial charge < -0.3 is 19.8 Å². The second kappa shape index (κ2) is 11.5. The van der Waals surface area contributed by atoms with Crippen molar-refractivity contribution in [2.45, 2.75) is 39.7 Å². The minimum absolute atomic E-state index is 0.228. The minimum atomic E-state index is -0.228. The Balaban J connectivity index is 3.52. The lowest BCUT2D eigenvalue weighted by atomic mass is 10.2. The lowest BCUT2D eigenvalue weighted by molar-refractivity contribution is 0.138. The summed E-state index contributed by atoms with van der Waals surface area (Å²) < 4.78 is 0. The maximum absolute atomic E-state index is 9.31. The molecule has 0 fully saturated rings. The van der Waals surface area contributed by atoms with Crippen LogP contribution in [0.1, 0.15) is 33.6 Å². The first-order valence-corrected chi connectivity index (χ1v) is 8.05. The van der Waals surface area contributed by atoms with Crippen molar-refractivity contribution < 1.29 is 5.11 Å². The van der Waals surface area contributed by atoms with Crippen molar-refractivity contribution in [1.82, 2.24) is 14.7 Å². The van der Waals surface area contributed by atoms with Crippen LogP contribution in [0.2, 0.25) is 0 Å². The van der Waals surface area contributed by atoms with E-state index in [0.717, 1.165) is 25.6 Å². The number of likely N-dealkylation sites (N-methyl/N-ethyl adjacent to an activating group) is 1. The first-order chi connectivity index (χ1) is 9.31. The molecular formula is C16H37N3O. The van der Waals surface area contributed by atoms with Crippen molar-refractivity contribution in [2.24, 2.45) is 5.92 Å². The molecule has 0 aromatic rings. The fraction of sp³-hybridized carbons (Fsp3) is 1.00. The molecular weight excluding hydrogens is 250 g/mol. The van der Waals surface area contributed by atoms with Crippen molar-refractivity contribution in [2.75, 3.05) is 60.4 Å². The molecule has 0 heterocycles. The summed E-state index contributed by atoms with van der Waals surface area (Å²) in [7, 11) is 6.50. The minimum Gasteiger partial charge on any atom is -0.392 e. The van der Waals surface area contributed by atoms with Crippen LogP contribution in [0.15, 0.2) is 0 Å². The van der Waals surface area contributed by atoms with Crippen LogP contribution in [-0.4, -0.2) is 86.3 Å². The summed E-state index contributed by atoms with van der Waals surface area (Å²) >= 11 is 0. The zero-order chi connectivity index (χ0) is 15.5. The van der Waals surface area contributed by atoms with Gasteiger partial charge in [-0.1, -0.05) is 13.8 Å². The SMILES string of the molecule is CC(C)CN(C)CCCN(C)CCCN(C)CC(C)O. The molecule has 20 heavy (non-hydrogen) atoms. The van der Waals surface area contributed by atoms with Gasteiger partial charge in [0.2, 0.25) is 0 Å². The highest BCUT2D eigenvalue weighted by molar-refractivity contribution is 4.61. The predicted octanol–water partition coefficient (Wildman–Crippen LogP) is 1.60. The molecule has 0 rings (SSSR count). The molecule has 0 aliphatic heterocycles. The van der Waals surface area contributed by atoms with Gasteiger partial charge >= 0.3 is 0 Å². The second-order valence-corrected chi connectivity index (χ2v) is 6.78. The van der Waals surface area contributed by atoms with Gasteiger partial charge in [0.1, 0.15) is 0 Å². The van der Waals surface area contributed by atoms with Crippen LogP contribution in [0.25, 0.3) is 0 Å². The molecule has 4 nitrogen and oxygen atoms in total. The topological polar surface area (TPSA) is 30.0 Å². The zero-order valence-electron chi connectivity index (χ0n) is 14.6. The summed E-state index contributed by atoms with van der Waals surface area (Å²) in [5, 5.41) is 9.31. The average molecular weight is 287 g/mol. The van der Waals surface area contributed by atoms with E-state index in [1.165, 1.54) is 32.5 Å². The van der Waals surface area contributed by atoms with Crippen LogP contribution in [0, 0.1) is 5.92 Å². The Bertz CT molecular complexity index is 200. The van der Waals surface area contributed by atoms with E-state index in [9.17, 15) is 5.11 Å². The molecule has 1 N–H and O–H groups in total. The Morgan fingerprint density at radius 3 is 1.50 bits per heavy atom. The van der Waals surface area contributed by atoms with Gasteiger partial charge in [-0.2, -0.15) is 0 Å². The molecule has 1 unspecified atom stereocenters. The Hall–Kier alpha value is -0.160. The lowest BCUT2D eigenvalue weighted by Crippen LogP contribution is -2.31. The van der Waals surface area contributed by atoms with Crippen molar-refractivity contribution in [3.63, 3.8) is 0 Å². The first kappa shape index (κ1) is 19.8. The quantitative estimate of drug-likeness (QED) is 0.590. The summed E-state index contributed by atoms with van der Waals surface area (Å²) in [5.41, 5.74) is 0. The third-order valence-electron chi connectivity index (χ3n) is 3.41. The maximum atomic E-state index is 9.31. The smallest absolute Gasteiger partial charge is 0.0638 e. The van der Waals surface area contributed by atoms with E-state index >= 15 is 0 Å². The molecule has 0 radical (unpaired) electrons. The van der Waals surface area contributed by atoms with Crippen LogP contribution in [0.3, 0.4) is 0 Å². The van der Waals surface area contributed by atoms with E-state index in [1.807, 2.05) is 6.92 Å². The second-order valence-electron chi connectivity index (χ2n) is 6.78. The third-order valence-corrected chi connectivity index (χ3v) is 3.41. The molecule has 4 heteroatoms. The number of hydrogen-bond acceptors (Lipinski definition) is 4. The summed E-state index contributed by atoms with van der Waals surface area (Å²) in [6.45, 7) is 12.9. The first-order valence-electron chi connectivity index (χ1n) is 8.05. The summed E-state index contributed by atoms with van der Waals surface area (Å²) in [4.78, 5) is 7.04. The van der Waals surface area contributed by atoms with Gasteiger partial charge in [0.25, 0.3) is 0 Å². The molecule has 1 atom stereocenters. The summed E-state index contributed by atoms with van der Waals surface area (Å²) in [5.74, 6) is 0.752. The highest BCUT2D eigenvalue weighted by Crippen LogP contribution is 1.99. The molecule has 0 spiro atoms. The predicted molar refractivity (Wildman–Crippen MR) is 88.2 cm³/mol. The summed E-state index contributed by atoms with van der Waals surface area (Å²) in [6, 6.07) is 0. The van der Waals surface area contributed by atoms with Crippen LogP contribution in [-0.2, 0) is 0 Å². The molecule has 0 saturated heterocycles. The number of aliphatic hydroxyl groups is 1. The molecule has 0 saturated carbocycles. The Labute approximate surface area is 126 Å². The monoisotopic (exact) mass is 287 g/mol. The van der Waals surface area contributed by atoms with Crippen molar-refractivity contribution in [3.05, 3.63) is 0 Å². The molecule has 0 aromatic carbocycles.